The Morgan fingerprint density at radius 2 is 1.65 bits per heavy atom. The van der Waals surface area contributed by atoms with Crippen molar-refractivity contribution >= 4 is 37.2 Å². The second-order valence-electron chi connectivity index (χ2n) is 6.76. The van der Waals surface area contributed by atoms with Crippen LogP contribution in [0, 0.1) is 0 Å². The summed E-state index contributed by atoms with van der Waals surface area (Å²) >= 11 is 6.32. The summed E-state index contributed by atoms with van der Waals surface area (Å²) in [5.41, 5.74) is 1.05. The minimum Gasteiger partial charge on any atom is -0.487 e. The minimum atomic E-state index is -4.01. The van der Waals surface area contributed by atoms with Gasteiger partial charge in [-0.15, -0.1) is 0 Å². The number of carbonyl (C=O) groups is 1. The molecule has 0 aliphatic carbocycles. The van der Waals surface area contributed by atoms with Crippen LogP contribution in [0.15, 0.2) is 71.6 Å². The van der Waals surface area contributed by atoms with Crippen molar-refractivity contribution in [3.63, 3.8) is 0 Å². The standard InChI is InChI=1S/C22H19Cl2NO5S/c1-25(2)22(26)18-13-17(31(24,27)28)9-11-20(18)30-16-8-10-21(19(23)12-16)29-14-15-6-4-3-5-7-15/h3-13H,14H2,1-2H3. The molecule has 6 nitrogen and oxygen atoms in total. The average molecular weight is 480 g/mol. The minimum absolute atomic E-state index is 0.0484. The first-order valence-electron chi connectivity index (χ1n) is 9.09. The normalized spacial score (nSPS) is 11.1. The van der Waals surface area contributed by atoms with Gasteiger partial charge in [-0.2, -0.15) is 0 Å². The van der Waals surface area contributed by atoms with Crippen LogP contribution < -0.4 is 9.47 Å². The molecule has 0 N–H and O–H groups in total. The maximum Gasteiger partial charge on any atom is 0.261 e. The summed E-state index contributed by atoms with van der Waals surface area (Å²) in [4.78, 5) is 13.6. The highest BCUT2D eigenvalue weighted by Crippen LogP contribution is 2.34. The molecule has 3 rings (SSSR count). The Labute approximate surface area is 190 Å². The Kier molecular flexibility index (Phi) is 7.10. The van der Waals surface area contributed by atoms with E-state index in [9.17, 15) is 13.2 Å². The lowest BCUT2D eigenvalue weighted by Gasteiger charge is -2.16. The Morgan fingerprint density at radius 1 is 0.968 bits per heavy atom. The van der Waals surface area contributed by atoms with Gasteiger partial charge in [-0.05, 0) is 35.9 Å². The van der Waals surface area contributed by atoms with Crippen LogP contribution in [0.4, 0.5) is 0 Å². The lowest BCUT2D eigenvalue weighted by molar-refractivity contribution is 0.0825. The summed E-state index contributed by atoms with van der Waals surface area (Å²) in [5.74, 6) is 0.556. The quantitative estimate of drug-likeness (QED) is 0.427. The lowest BCUT2D eigenvalue weighted by atomic mass is 10.1. The molecule has 1 amide bonds. The molecule has 31 heavy (non-hydrogen) atoms. The zero-order valence-electron chi connectivity index (χ0n) is 16.7. The lowest BCUT2D eigenvalue weighted by Crippen LogP contribution is -2.22. The van der Waals surface area contributed by atoms with Crippen LogP contribution in [0.5, 0.6) is 17.2 Å². The largest absolute Gasteiger partial charge is 0.487 e. The molecule has 0 bridgehead atoms. The number of rotatable bonds is 7. The molecule has 162 valence electrons. The van der Waals surface area contributed by atoms with Crippen LogP contribution in [0.25, 0.3) is 0 Å². The number of hydrogen-bond acceptors (Lipinski definition) is 5. The second kappa shape index (κ2) is 9.60. The van der Waals surface area contributed by atoms with E-state index in [1.807, 2.05) is 30.3 Å². The van der Waals surface area contributed by atoms with Crippen LogP contribution in [0.3, 0.4) is 0 Å². The van der Waals surface area contributed by atoms with Gasteiger partial charge in [0.1, 0.15) is 23.9 Å². The monoisotopic (exact) mass is 479 g/mol. The number of nitrogens with zero attached hydrogens (tertiary/aromatic N) is 1. The van der Waals surface area contributed by atoms with Gasteiger partial charge in [0, 0.05) is 30.8 Å². The van der Waals surface area contributed by atoms with Crippen molar-refractivity contribution in [2.75, 3.05) is 14.1 Å². The fraction of sp³-hybridized carbons (Fsp3) is 0.136. The number of halogens is 2. The summed E-state index contributed by atoms with van der Waals surface area (Å²) in [7, 11) is 4.50. The summed E-state index contributed by atoms with van der Waals surface area (Å²) in [6.07, 6.45) is 0. The van der Waals surface area contributed by atoms with E-state index in [4.69, 9.17) is 31.8 Å². The molecule has 3 aromatic rings. The number of hydrogen-bond donors (Lipinski definition) is 0. The van der Waals surface area contributed by atoms with Crippen LogP contribution in [0.1, 0.15) is 15.9 Å². The summed E-state index contributed by atoms with van der Waals surface area (Å²) in [6, 6.07) is 18.3. The highest BCUT2D eigenvalue weighted by Gasteiger charge is 2.20. The van der Waals surface area contributed by atoms with Gasteiger partial charge >= 0.3 is 0 Å². The van der Waals surface area contributed by atoms with Gasteiger partial charge in [-0.1, -0.05) is 41.9 Å². The van der Waals surface area contributed by atoms with Crippen molar-refractivity contribution in [1.29, 1.82) is 0 Å². The Morgan fingerprint density at radius 3 is 2.26 bits per heavy atom. The van der Waals surface area contributed by atoms with Crippen LogP contribution in [-0.4, -0.2) is 33.3 Å². The molecule has 0 atom stereocenters. The van der Waals surface area contributed by atoms with Gasteiger partial charge in [0.25, 0.3) is 15.0 Å². The molecule has 0 fully saturated rings. The van der Waals surface area contributed by atoms with Gasteiger partial charge in [0.15, 0.2) is 0 Å². The number of ether oxygens (including phenoxy) is 2. The number of carbonyl (C=O) groups excluding carboxylic acids is 1. The molecular formula is C22H19Cl2NO5S. The average Bonchev–Trinajstić information content (AvgIpc) is 2.73. The van der Waals surface area contributed by atoms with E-state index in [1.54, 1.807) is 32.3 Å². The third-order valence-corrected chi connectivity index (χ3v) is 5.88. The third-order valence-electron chi connectivity index (χ3n) is 4.24. The maximum atomic E-state index is 12.5. The second-order valence-corrected chi connectivity index (χ2v) is 9.74. The van der Waals surface area contributed by atoms with Crippen molar-refractivity contribution in [2.45, 2.75) is 11.5 Å². The van der Waals surface area contributed by atoms with Gasteiger partial charge in [-0.3, -0.25) is 4.79 Å². The molecule has 0 aromatic heterocycles. The van der Waals surface area contributed by atoms with E-state index >= 15 is 0 Å². The summed E-state index contributed by atoms with van der Waals surface area (Å²) in [5, 5.41) is 0.328. The zero-order valence-corrected chi connectivity index (χ0v) is 19.0. The van der Waals surface area contributed by atoms with E-state index in [1.165, 1.54) is 23.1 Å². The molecule has 9 heteroatoms. The number of benzene rings is 3. The third kappa shape index (κ3) is 5.91. The van der Waals surface area contributed by atoms with Gasteiger partial charge < -0.3 is 14.4 Å². The van der Waals surface area contributed by atoms with E-state index in [0.29, 0.717) is 23.1 Å². The summed E-state index contributed by atoms with van der Waals surface area (Å²) < 4.78 is 34.9. The molecular weight excluding hydrogens is 461 g/mol. The molecule has 0 spiro atoms. The molecule has 0 aliphatic rings. The topological polar surface area (TPSA) is 72.9 Å². The van der Waals surface area contributed by atoms with Crippen molar-refractivity contribution in [2.24, 2.45) is 0 Å². The number of amides is 1. The molecule has 0 radical (unpaired) electrons. The predicted octanol–water partition coefficient (Wildman–Crippen LogP) is 5.34. The molecule has 0 saturated carbocycles. The Balaban J connectivity index is 1.84. The van der Waals surface area contributed by atoms with E-state index in [2.05, 4.69) is 0 Å². The predicted molar refractivity (Wildman–Crippen MR) is 120 cm³/mol. The van der Waals surface area contributed by atoms with E-state index < -0.39 is 15.0 Å². The summed E-state index contributed by atoms with van der Waals surface area (Å²) in [6.45, 7) is 0.358. The first kappa shape index (κ1) is 22.9. The first-order valence-corrected chi connectivity index (χ1v) is 11.8. The van der Waals surface area contributed by atoms with Crippen molar-refractivity contribution in [1.82, 2.24) is 4.90 Å². The SMILES string of the molecule is CN(C)C(=O)c1cc(S(=O)(=O)Cl)ccc1Oc1ccc(OCc2ccccc2)c(Cl)c1. The first-order chi connectivity index (χ1) is 14.6. The molecule has 0 unspecified atom stereocenters. The van der Waals surface area contributed by atoms with Crippen LogP contribution >= 0.6 is 22.3 Å². The smallest absolute Gasteiger partial charge is 0.261 e. The molecule has 0 heterocycles. The van der Waals surface area contributed by atoms with Crippen LogP contribution in [-0.2, 0) is 15.7 Å². The maximum absolute atomic E-state index is 12.5. The molecule has 0 aliphatic heterocycles. The van der Waals surface area contributed by atoms with E-state index in [-0.39, 0.29) is 16.2 Å². The zero-order chi connectivity index (χ0) is 22.6. The van der Waals surface area contributed by atoms with Gasteiger partial charge in [-0.25, -0.2) is 8.42 Å². The van der Waals surface area contributed by atoms with E-state index in [0.717, 1.165) is 5.56 Å². The molecule has 0 saturated heterocycles. The fourth-order valence-electron chi connectivity index (χ4n) is 2.68. The van der Waals surface area contributed by atoms with Crippen molar-refractivity contribution < 1.29 is 22.7 Å². The van der Waals surface area contributed by atoms with Crippen LogP contribution in [0.2, 0.25) is 5.02 Å². The molecule has 3 aromatic carbocycles. The van der Waals surface area contributed by atoms with Gasteiger partial charge in [0.05, 0.1) is 15.5 Å². The van der Waals surface area contributed by atoms with Crippen molar-refractivity contribution in [3.8, 4) is 17.2 Å². The Hall–Kier alpha value is -2.74. The Bertz CT molecular complexity index is 1200. The highest BCUT2D eigenvalue weighted by molar-refractivity contribution is 8.13. The highest BCUT2D eigenvalue weighted by atomic mass is 35.7. The van der Waals surface area contributed by atoms with Crippen molar-refractivity contribution in [3.05, 3.63) is 82.9 Å². The van der Waals surface area contributed by atoms with Gasteiger partial charge in [0.2, 0.25) is 0 Å². The fourth-order valence-corrected chi connectivity index (χ4v) is 3.68.